The van der Waals surface area contributed by atoms with Crippen molar-refractivity contribution in [3.05, 3.63) is 48.5 Å². The van der Waals surface area contributed by atoms with E-state index in [1.54, 1.807) is 8.93 Å². The second kappa shape index (κ2) is 6.65. The first-order valence-electron chi connectivity index (χ1n) is 4.87. The van der Waals surface area contributed by atoms with E-state index in [-0.39, 0.29) is 0 Å². The molecule has 5 heteroatoms. The summed E-state index contributed by atoms with van der Waals surface area (Å²) in [4.78, 5) is 4.78. The van der Waals surface area contributed by atoms with Gasteiger partial charge in [0.2, 0.25) is 0 Å². The van der Waals surface area contributed by atoms with Gasteiger partial charge in [-0.05, 0) is 42.5 Å². The molecule has 2 aromatic carbocycles. The molecule has 0 saturated heterocycles. The minimum atomic E-state index is -0.571. The molecular formula is C12H11IS4. The zero-order valence-corrected chi connectivity index (χ0v) is 14.4. The van der Waals surface area contributed by atoms with Crippen LogP contribution >= 0.6 is 64.4 Å². The summed E-state index contributed by atoms with van der Waals surface area (Å²) in [7, 11) is 1.16. The molecule has 0 aliphatic rings. The number of halogens is 1. The fourth-order valence-corrected chi connectivity index (χ4v) is 4.85. The van der Waals surface area contributed by atoms with E-state index in [9.17, 15) is 0 Å². The molecule has 90 valence electrons. The zero-order valence-electron chi connectivity index (χ0n) is 8.75. The van der Waals surface area contributed by atoms with E-state index in [2.05, 4.69) is 70.2 Å². The van der Waals surface area contributed by atoms with Gasteiger partial charge in [-0.15, -0.1) is 24.3 Å². The molecule has 0 radical (unpaired) electrons. The van der Waals surface area contributed by atoms with Crippen LogP contribution in [0, 0.1) is 0 Å². The summed E-state index contributed by atoms with van der Waals surface area (Å²) in [5.41, 5.74) is 0. The van der Waals surface area contributed by atoms with E-state index in [0.717, 1.165) is 4.90 Å². The molecule has 0 aliphatic carbocycles. The van der Waals surface area contributed by atoms with E-state index >= 15 is 0 Å². The first kappa shape index (κ1) is 14.0. The van der Waals surface area contributed by atoms with Crippen LogP contribution in [0.5, 0.6) is 0 Å². The molecule has 0 aliphatic heterocycles. The molecule has 0 fully saturated rings. The lowest BCUT2D eigenvalue weighted by Crippen LogP contribution is -1.80. The SMILES string of the molecule is Sc1cccc([SH](S)c2ccc(SI)cc2)c1. The average Bonchev–Trinajstić information content (AvgIpc) is 2.38. The van der Waals surface area contributed by atoms with Crippen LogP contribution < -0.4 is 0 Å². The van der Waals surface area contributed by atoms with Crippen molar-refractivity contribution >= 4 is 64.4 Å². The summed E-state index contributed by atoms with van der Waals surface area (Å²) >= 11 is 11.4. The Balaban J connectivity index is 2.27. The van der Waals surface area contributed by atoms with Crippen molar-refractivity contribution < 1.29 is 0 Å². The van der Waals surface area contributed by atoms with Gasteiger partial charge in [0.15, 0.2) is 0 Å². The van der Waals surface area contributed by atoms with Crippen LogP contribution in [0.3, 0.4) is 0 Å². The van der Waals surface area contributed by atoms with Gasteiger partial charge in [-0.2, -0.15) is 9.93 Å². The number of hydrogen-bond donors (Lipinski definition) is 3. The monoisotopic (exact) mass is 410 g/mol. The van der Waals surface area contributed by atoms with Gasteiger partial charge < -0.3 is 0 Å². The third-order valence-electron chi connectivity index (χ3n) is 2.24. The third kappa shape index (κ3) is 3.76. The number of rotatable bonds is 3. The second-order valence-electron chi connectivity index (χ2n) is 3.40. The predicted molar refractivity (Wildman–Crippen MR) is 94.5 cm³/mol. The maximum atomic E-state index is 4.74. The molecule has 0 spiro atoms. The predicted octanol–water partition coefficient (Wildman–Crippen LogP) is 5.68. The molecule has 1 unspecified atom stereocenters. The lowest BCUT2D eigenvalue weighted by atomic mass is 10.4. The minimum absolute atomic E-state index is 0.571. The van der Waals surface area contributed by atoms with Gasteiger partial charge in [0.25, 0.3) is 0 Å². The van der Waals surface area contributed by atoms with Gasteiger partial charge in [-0.1, -0.05) is 15.0 Å². The van der Waals surface area contributed by atoms with Crippen LogP contribution in [0.25, 0.3) is 0 Å². The van der Waals surface area contributed by atoms with Crippen molar-refractivity contribution in [1.82, 2.24) is 0 Å². The molecule has 0 saturated carbocycles. The van der Waals surface area contributed by atoms with Crippen molar-refractivity contribution in [3.63, 3.8) is 0 Å². The summed E-state index contributed by atoms with van der Waals surface area (Å²) in [5.74, 6) is 0. The summed E-state index contributed by atoms with van der Waals surface area (Å²) in [6.45, 7) is 0. The van der Waals surface area contributed by atoms with Crippen LogP contribution in [0.4, 0.5) is 0 Å². The van der Waals surface area contributed by atoms with Gasteiger partial charge in [-0.25, -0.2) is 0 Å². The van der Waals surface area contributed by atoms with E-state index in [0.29, 0.717) is 0 Å². The molecule has 2 rings (SSSR count). The zero-order chi connectivity index (χ0) is 12.3. The minimum Gasteiger partial charge on any atom is -0.153 e. The second-order valence-corrected chi connectivity index (χ2v) is 8.72. The maximum absolute atomic E-state index is 4.74. The highest BCUT2D eigenvalue weighted by molar-refractivity contribution is 14.2. The number of hydrogen-bond acceptors (Lipinski definition) is 3. The summed E-state index contributed by atoms with van der Waals surface area (Å²) < 4.78 is 0. The maximum Gasteiger partial charge on any atom is 0.0179 e. The van der Waals surface area contributed by atoms with E-state index in [1.165, 1.54) is 14.7 Å². The normalized spacial score (nSPS) is 13.5. The van der Waals surface area contributed by atoms with Gasteiger partial charge in [-0.3, -0.25) is 0 Å². The molecule has 0 amide bonds. The molecule has 0 N–H and O–H groups in total. The van der Waals surface area contributed by atoms with Gasteiger partial charge >= 0.3 is 0 Å². The highest BCUT2D eigenvalue weighted by Crippen LogP contribution is 2.48. The lowest BCUT2D eigenvalue weighted by Gasteiger charge is -2.16. The van der Waals surface area contributed by atoms with Crippen molar-refractivity contribution in [3.8, 4) is 0 Å². The van der Waals surface area contributed by atoms with Gasteiger partial charge in [0, 0.05) is 40.8 Å². The standard InChI is InChI=1S/C12H11IS4/c13-16-10-4-6-11(7-5-10)17(15)12-3-1-2-9(14)8-12/h1-8,14-15,17H. The number of thiol groups is 3. The van der Waals surface area contributed by atoms with Crippen molar-refractivity contribution in [2.24, 2.45) is 0 Å². The number of benzene rings is 2. The molecular weight excluding hydrogens is 399 g/mol. The third-order valence-corrected chi connectivity index (χ3v) is 7.44. The molecule has 0 heterocycles. The molecule has 2 aromatic rings. The van der Waals surface area contributed by atoms with E-state index < -0.39 is 9.93 Å². The molecule has 0 nitrogen and oxygen atoms in total. The highest BCUT2D eigenvalue weighted by atomic mass is 127. The summed E-state index contributed by atoms with van der Waals surface area (Å²) in [6, 6.07) is 16.8. The van der Waals surface area contributed by atoms with Gasteiger partial charge in [0.05, 0.1) is 0 Å². The first-order chi connectivity index (χ1) is 8.20. The Hall–Kier alpha value is 0.570. The molecule has 17 heavy (non-hydrogen) atoms. The molecule has 0 bridgehead atoms. The highest BCUT2D eigenvalue weighted by Gasteiger charge is 2.05. The topological polar surface area (TPSA) is 0 Å². The lowest BCUT2D eigenvalue weighted by molar-refractivity contribution is 1.31. The Labute approximate surface area is 131 Å². The molecule has 1 atom stereocenters. The summed E-state index contributed by atoms with van der Waals surface area (Å²) in [5, 5.41) is 0. The first-order valence-corrected chi connectivity index (χ1v) is 11.2. The van der Waals surface area contributed by atoms with Crippen LogP contribution in [0.2, 0.25) is 0 Å². The van der Waals surface area contributed by atoms with E-state index in [4.69, 9.17) is 11.7 Å². The van der Waals surface area contributed by atoms with Crippen LogP contribution in [0.15, 0.2) is 68.1 Å². The van der Waals surface area contributed by atoms with Crippen LogP contribution in [0.1, 0.15) is 0 Å². The van der Waals surface area contributed by atoms with Crippen molar-refractivity contribution in [2.45, 2.75) is 19.6 Å². The molecule has 0 aromatic heterocycles. The Morgan fingerprint density at radius 1 is 1.00 bits per heavy atom. The van der Waals surface area contributed by atoms with Crippen molar-refractivity contribution in [1.29, 1.82) is 0 Å². The van der Waals surface area contributed by atoms with Crippen molar-refractivity contribution in [2.75, 3.05) is 0 Å². The average molecular weight is 410 g/mol. The Morgan fingerprint density at radius 3 is 2.29 bits per heavy atom. The fourth-order valence-electron chi connectivity index (χ4n) is 1.41. The van der Waals surface area contributed by atoms with E-state index in [1.807, 2.05) is 12.1 Å². The Morgan fingerprint density at radius 2 is 1.71 bits per heavy atom. The van der Waals surface area contributed by atoms with Crippen LogP contribution in [-0.4, -0.2) is 0 Å². The smallest absolute Gasteiger partial charge is 0.0179 e. The fraction of sp³-hybridized carbons (Fsp3) is 0. The summed E-state index contributed by atoms with van der Waals surface area (Å²) in [6.07, 6.45) is 0. The Bertz CT molecular complexity index is 498. The Kier molecular flexibility index (Phi) is 5.48. The van der Waals surface area contributed by atoms with Crippen LogP contribution in [-0.2, 0) is 0 Å². The largest absolute Gasteiger partial charge is 0.153 e. The van der Waals surface area contributed by atoms with Gasteiger partial charge in [0.1, 0.15) is 0 Å². The quantitative estimate of drug-likeness (QED) is 0.332.